The third-order valence-electron chi connectivity index (χ3n) is 2.74. The predicted octanol–water partition coefficient (Wildman–Crippen LogP) is 4.88. The molecule has 2 aromatic rings. The molecule has 0 aliphatic rings. The van der Waals surface area contributed by atoms with Gasteiger partial charge < -0.3 is 5.32 Å². The van der Waals surface area contributed by atoms with E-state index in [0.717, 1.165) is 28.2 Å². The Labute approximate surface area is 127 Å². The highest BCUT2D eigenvalue weighted by Gasteiger charge is 2.01. The molecule has 0 spiro atoms. The van der Waals surface area contributed by atoms with Crippen LogP contribution in [0, 0.1) is 6.92 Å². The summed E-state index contributed by atoms with van der Waals surface area (Å²) >= 11 is 5.29. The van der Waals surface area contributed by atoms with Gasteiger partial charge in [0.15, 0.2) is 0 Å². The molecule has 0 atom stereocenters. The number of nitrogens with zero attached hydrogens (tertiary/aromatic N) is 1. The van der Waals surface area contributed by atoms with Crippen molar-refractivity contribution in [3.8, 4) is 0 Å². The molecule has 1 heterocycles. The van der Waals surface area contributed by atoms with Crippen molar-refractivity contribution in [3.05, 3.63) is 52.1 Å². The minimum atomic E-state index is 0.798. The second-order valence-electron chi connectivity index (χ2n) is 4.25. The van der Waals surface area contributed by atoms with E-state index in [1.54, 1.807) is 0 Å². The van der Waals surface area contributed by atoms with Crippen LogP contribution in [-0.4, -0.2) is 10.7 Å². The minimum absolute atomic E-state index is 0.798. The molecule has 19 heavy (non-hydrogen) atoms. The van der Waals surface area contributed by atoms with Crippen LogP contribution in [-0.2, 0) is 6.54 Å². The first-order valence-electron chi connectivity index (χ1n) is 6.27. The van der Waals surface area contributed by atoms with Gasteiger partial charge in [0.05, 0.1) is 0 Å². The van der Waals surface area contributed by atoms with E-state index in [-0.39, 0.29) is 0 Å². The van der Waals surface area contributed by atoms with Crippen LogP contribution in [0.25, 0.3) is 0 Å². The lowest BCUT2D eigenvalue weighted by molar-refractivity contribution is 1.09. The number of anilines is 1. The van der Waals surface area contributed by atoms with Crippen molar-refractivity contribution in [2.75, 3.05) is 11.1 Å². The summed E-state index contributed by atoms with van der Waals surface area (Å²) in [4.78, 5) is 5.70. The number of hydrogen-bond acceptors (Lipinski definition) is 3. The molecular weight excluding hydrogens is 320 g/mol. The Bertz CT molecular complexity index is 540. The van der Waals surface area contributed by atoms with E-state index in [1.807, 2.05) is 18.0 Å². The average molecular weight is 337 g/mol. The Morgan fingerprint density at radius 2 is 2.00 bits per heavy atom. The Balaban J connectivity index is 1.98. The molecule has 0 bridgehead atoms. The molecule has 0 fully saturated rings. The Hall–Kier alpha value is -1.00. The number of benzene rings is 1. The fourth-order valence-corrected chi connectivity index (χ4v) is 2.89. The fourth-order valence-electron chi connectivity index (χ4n) is 1.78. The number of thioether (sulfide) groups is 1. The average Bonchev–Trinajstić information content (AvgIpc) is 2.40. The maximum atomic E-state index is 4.38. The van der Waals surface area contributed by atoms with E-state index in [0.29, 0.717) is 0 Å². The number of aromatic nitrogens is 1. The topological polar surface area (TPSA) is 24.9 Å². The molecule has 0 aliphatic carbocycles. The van der Waals surface area contributed by atoms with Gasteiger partial charge in [-0.2, -0.15) is 0 Å². The number of pyridine rings is 1. The molecule has 0 amide bonds. The minimum Gasteiger partial charge on any atom is -0.366 e. The van der Waals surface area contributed by atoms with Crippen molar-refractivity contribution in [2.24, 2.45) is 0 Å². The van der Waals surface area contributed by atoms with E-state index < -0.39 is 0 Å². The van der Waals surface area contributed by atoms with E-state index >= 15 is 0 Å². The largest absolute Gasteiger partial charge is 0.366 e. The Morgan fingerprint density at radius 3 is 2.63 bits per heavy atom. The maximum Gasteiger partial charge on any atom is 0.129 e. The van der Waals surface area contributed by atoms with Crippen LogP contribution in [0.2, 0.25) is 0 Å². The second-order valence-corrected chi connectivity index (χ2v) is 6.50. The van der Waals surface area contributed by atoms with Crippen molar-refractivity contribution < 1.29 is 0 Å². The third kappa shape index (κ3) is 4.25. The van der Waals surface area contributed by atoms with Gasteiger partial charge in [-0.3, -0.25) is 0 Å². The SMILES string of the molecule is CCSc1ccc(CNc2ncc(Br)cc2C)cc1. The smallest absolute Gasteiger partial charge is 0.129 e. The standard InChI is InChI=1S/C15H17BrN2S/c1-3-19-14-6-4-12(5-7-14)9-17-15-11(2)8-13(16)10-18-15/h4-8,10H,3,9H2,1-2H3,(H,17,18). The van der Waals surface area contributed by atoms with Crippen LogP contribution in [0.15, 0.2) is 45.9 Å². The summed E-state index contributed by atoms with van der Waals surface area (Å²) in [6.45, 7) is 5.02. The highest BCUT2D eigenvalue weighted by molar-refractivity contribution is 9.10. The lowest BCUT2D eigenvalue weighted by Crippen LogP contribution is -2.02. The number of hydrogen-bond donors (Lipinski definition) is 1. The summed E-state index contributed by atoms with van der Waals surface area (Å²) in [6.07, 6.45) is 1.82. The summed E-state index contributed by atoms with van der Waals surface area (Å²) < 4.78 is 1.01. The van der Waals surface area contributed by atoms with Gasteiger partial charge in [0, 0.05) is 22.1 Å². The van der Waals surface area contributed by atoms with Gasteiger partial charge in [-0.25, -0.2) is 4.98 Å². The van der Waals surface area contributed by atoms with Crippen molar-refractivity contribution in [1.29, 1.82) is 0 Å². The normalized spacial score (nSPS) is 10.5. The van der Waals surface area contributed by atoms with Crippen molar-refractivity contribution in [3.63, 3.8) is 0 Å². The van der Waals surface area contributed by atoms with Gasteiger partial charge in [0.1, 0.15) is 5.82 Å². The monoisotopic (exact) mass is 336 g/mol. The molecule has 0 aliphatic heterocycles. The highest BCUT2D eigenvalue weighted by atomic mass is 79.9. The zero-order chi connectivity index (χ0) is 13.7. The summed E-state index contributed by atoms with van der Waals surface area (Å²) in [5.74, 6) is 2.05. The van der Waals surface area contributed by atoms with E-state index in [4.69, 9.17) is 0 Å². The zero-order valence-corrected chi connectivity index (χ0v) is 13.5. The summed E-state index contributed by atoms with van der Waals surface area (Å²) in [5.41, 5.74) is 2.41. The molecule has 1 aromatic heterocycles. The van der Waals surface area contributed by atoms with Crippen LogP contribution in [0.1, 0.15) is 18.1 Å². The zero-order valence-electron chi connectivity index (χ0n) is 11.1. The molecule has 2 nitrogen and oxygen atoms in total. The van der Waals surface area contributed by atoms with Gasteiger partial charge in [-0.1, -0.05) is 19.1 Å². The first kappa shape index (κ1) is 14.4. The van der Waals surface area contributed by atoms with Crippen LogP contribution in [0.4, 0.5) is 5.82 Å². The molecule has 1 aromatic carbocycles. The molecule has 0 radical (unpaired) electrons. The summed E-state index contributed by atoms with van der Waals surface area (Å²) in [5, 5.41) is 3.37. The van der Waals surface area contributed by atoms with Crippen molar-refractivity contribution >= 4 is 33.5 Å². The molecule has 100 valence electrons. The number of halogens is 1. The predicted molar refractivity (Wildman–Crippen MR) is 86.8 cm³/mol. The van der Waals surface area contributed by atoms with Crippen LogP contribution in [0.5, 0.6) is 0 Å². The molecule has 1 N–H and O–H groups in total. The first-order valence-corrected chi connectivity index (χ1v) is 8.04. The number of nitrogens with one attached hydrogen (secondary N) is 1. The second kappa shape index (κ2) is 6.96. The highest BCUT2D eigenvalue weighted by Crippen LogP contribution is 2.20. The molecule has 0 saturated heterocycles. The van der Waals surface area contributed by atoms with Crippen LogP contribution >= 0.6 is 27.7 Å². The molecule has 0 saturated carbocycles. The van der Waals surface area contributed by atoms with Crippen LogP contribution in [0.3, 0.4) is 0 Å². The van der Waals surface area contributed by atoms with Gasteiger partial charge in [-0.15, -0.1) is 11.8 Å². The molecule has 4 heteroatoms. The fraction of sp³-hybridized carbons (Fsp3) is 0.267. The lowest BCUT2D eigenvalue weighted by Gasteiger charge is -2.09. The van der Waals surface area contributed by atoms with Crippen molar-refractivity contribution in [1.82, 2.24) is 4.98 Å². The van der Waals surface area contributed by atoms with Gasteiger partial charge in [0.2, 0.25) is 0 Å². The Morgan fingerprint density at radius 1 is 1.26 bits per heavy atom. The number of aryl methyl sites for hydroxylation is 1. The summed E-state index contributed by atoms with van der Waals surface area (Å²) in [6, 6.07) is 10.7. The van der Waals surface area contributed by atoms with E-state index in [2.05, 4.69) is 70.4 Å². The van der Waals surface area contributed by atoms with Crippen molar-refractivity contribution in [2.45, 2.75) is 25.3 Å². The lowest BCUT2D eigenvalue weighted by atomic mass is 10.2. The van der Waals surface area contributed by atoms with E-state index in [1.165, 1.54) is 10.5 Å². The van der Waals surface area contributed by atoms with Crippen LogP contribution < -0.4 is 5.32 Å². The van der Waals surface area contributed by atoms with Gasteiger partial charge in [-0.05, 0) is 57.9 Å². The Kier molecular flexibility index (Phi) is 5.28. The first-order chi connectivity index (χ1) is 9.19. The molecule has 2 rings (SSSR count). The quantitative estimate of drug-likeness (QED) is 0.788. The number of rotatable bonds is 5. The third-order valence-corrected chi connectivity index (χ3v) is 4.07. The molecule has 0 unspecified atom stereocenters. The maximum absolute atomic E-state index is 4.38. The van der Waals surface area contributed by atoms with Gasteiger partial charge in [0.25, 0.3) is 0 Å². The van der Waals surface area contributed by atoms with Gasteiger partial charge >= 0.3 is 0 Å². The summed E-state index contributed by atoms with van der Waals surface area (Å²) in [7, 11) is 0. The van der Waals surface area contributed by atoms with E-state index in [9.17, 15) is 0 Å². The molecular formula is C15H17BrN2S.